The topological polar surface area (TPSA) is 66.5 Å². The van der Waals surface area contributed by atoms with E-state index in [9.17, 15) is 13.2 Å². The summed E-state index contributed by atoms with van der Waals surface area (Å²) in [5.41, 5.74) is 3.39. The lowest BCUT2D eigenvalue weighted by Crippen LogP contribution is -2.35. The summed E-state index contributed by atoms with van der Waals surface area (Å²) >= 11 is 4.45. The maximum absolute atomic E-state index is 13.0. The highest BCUT2D eigenvalue weighted by atomic mass is 79.9. The molecule has 8 heteroatoms. The van der Waals surface area contributed by atoms with Crippen LogP contribution in [-0.2, 0) is 23.0 Å². The maximum atomic E-state index is 13.0. The lowest BCUT2D eigenvalue weighted by molar-refractivity contribution is 0.0981. The summed E-state index contributed by atoms with van der Waals surface area (Å²) in [7, 11) is -3.58. The third-order valence-electron chi connectivity index (χ3n) is 4.88. The molecule has 150 valence electrons. The zero-order valence-electron chi connectivity index (χ0n) is 15.6. The number of fused-ring (bicyclic) bond motifs is 1. The minimum absolute atomic E-state index is 0.0435. The van der Waals surface area contributed by atoms with Crippen LogP contribution in [0.25, 0.3) is 0 Å². The highest BCUT2D eigenvalue weighted by Gasteiger charge is 2.31. The van der Waals surface area contributed by atoms with Gasteiger partial charge in [-0.2, -0.15) is 0 Å². The smallest absolute Gasteiger partial charge is 0.258 e. The molecule has 29 heavy (non-hydrogen) atoms. The molecular weight excluding hydrogens is 472 g/mol. The monoisotopic (exact) mass is 490 g/mol. The third-order valence-corrected chi connectivity index (χ3v) is 8.40. The molecule has 1 aliphatic heterocycles. The van der Waals surface area contributed by atoms with Gasteiger partial charge in [0.15, 0.2) is 0 Å². The number of hydrogen-bond donors (Lipinski definition) is 1. The summed E-state index contributed by atoms with van der Waals surface area (Å²) in [4.78, 5) is 14.9. The van der Waals surface area contributed by atoms with Gasteiger partial charge in [-0.1, -0.05) is 30.3 Å². The van der Waals surface area contributed by atoms with Crippen molar-refractivity contribution >= 4 is 48.9 Å². The summed E-state index contributed by atoms with van der Waals surface area (Å²) in [6, 6.07) is 18.3. The van der Waals surface area contributed by atoms with E-state index in [1.165, 1.54) is 11.3 Å². The standard InChI is InChI=1S/C21H19BrN2O3S2/c1-14-11-17-8-7-15(13-23-29(26,27)20-10-9-19(22)28-20)12-18(17)24(14)21(25)16-5-3-2-4-6-16/h2-10,12,14,23H,11,13H2,1H3. The van der Waals surface area contributed by atoms with E-state index in [0.717, 1.165) is 27.0 Å². The van der Waals surface area contributed by atoms with E-state index in [0.29, 0.717) is 5.56 Å². The first-order chi connectivity index (χ1) is 13.8. The van der Waals surface area contributed by atoms with Gasteiger partial charge in [0.25, 0.3) is 5.91 Å². The summed E-state index contributed by atoms with van der Waals surface area (Å²) in [5.74, 6) is -0.0435. The van der Waals surface area contributed by atoms with E-state index in [-0.39, 0.29) is 22.7 Å². The zero-order chi connectivity index (χ0) is 20.6. The fraction of sp³-hybridized carbons (Fsp3) is 0.190. The van der Waals surface area contributed by atoms with Gasteiger partial charge < -0.3 is 4.90 Å². The number of anilines is 1. The van der Waals surface area contributed by atoms with Gasteiger partial charge in [0.2, 0.25) is 10.0 Å². The van der Waals surface area contributed by atoms with Crippen LogP contribution in [0.15, 0.2) is 68.7 Å². The minimum Gasteiger partial charge on any atom is -0.305 e. The quantitative estimate of drug-likeness (QED) is 0.568. The molecule has 0 radical (unpaired) electrons. The third kappa shape index (κ3) is 4.16. The molecule has 1 aliphatic rings. The number of nitrogens with zero attached hydrogens (tertiary/aromatic N) is 1. The van der Waals surface area contributed by atoms with E-state index in [2.05, 4.69) is 20.7 Å². The molecule has 2 heterocycles. The molecule has 0 fully saturated rings. The van der Waals surface area contributed by atoms with E-state index < -0.39 is 10.0 Å². The van der Waals surface area contributed by atoms with Crippen LogP contribution in [0.5, 0.6) is 0 Å². The van der Waals surface area contributed by atoms with Crippen molar-refractivity contribution in [1.29, 1.82) is 0 Å². The number of sulfonamides is 1. The SMILES string of the molecule is CC1Cc2ccc(CNS(=O)(=O)c3ccc(Br)s3)cc2N1C(=O)c1ccccc1. The fourth-order valence-corrected chi connectivity index (χ4v) is 6.56. The molecular formula is C21H19BrN2O3S2. The Morgan fingerprint density at radius 3 is 2.62 bits per heavy atom. The van der Waals surface area contributed by atoms with E-state index in [1.807, 2.05) is 55.5 Å². The summed E-state index contributed by atoms with van der Waals surface area (Å²) in [5, 5.41) is 0. The number of benzene rings is 2. The molecule has 0 saturated carbocycles. The lowest BCUT2D eigenvalue weighted by atomic mass is 10.1. The Hall–Kier alpha value is -2.00. The molecule has 1 aromatic heterocycles. The van der Waals surface area contributed by atoms with Gasteiger partial charge in [0.05, 0.1) is 3.79 Å². The molecule has 0 aliphatic carbocycles. The van der Waals surface area contributed by atoms with Crippen LogP contribution in [-0.4, -0.2) is 20.4 Å². The van der Waals surface area contributed by atoms with Crippen LogP contribution in [0.3, 0.4) is 0 Å². The number of rotatable bonds is 5. The first-order valence-corrected chi connectivity index (χ1v) is 12.2. The number of carbonyl (C=O) groups is 1. The van der Waals surface area contributed by atoms with Gasteiger partial charge >= 0.3 is 0 Å². The number of carbonyl (C=O) groups excluding carboxylic acids is 1. The summed E-state index contributed by atoms with van der Waals surface area (Å²) in [6.45, 7) is 2.19. The van der Waals surface area contributed by atoms with Crippen molar-refractivity contribution in [3.8, 4) is 0 Å². The van der Waals surface area contributed by atoms with Crippen LogP contribution in [0.1, 0.15) is 28.4 Å². The molecule has 1 unspecified atom stereocenters. The molecule has 2 aromatic carbocycles. The normalized spacial score (nSPS) is 16.1. The molecule has 0 spiro atoms. The van der Waals surface area contributed by atoms with Gasteiger partial charge in [-0.05, 0) is 70.7 Å². The van der Waals surface area contributed by atoms with E-state index >= 15 is 0 Å². The van der Waals surface area contributed by atoms with Crippen molar-refractivity contribution < 1.29 is 13.2 Å². The molecule has 5 nitrogen and oxygen atoms in total. The number of nitrogens with one attached hydrogen (secondary N) is 1. The summed E-state index contributed by atoms with van der Waals surface area (Å²) < 4.78 is 28.6. The van der Waals surface area contributed by atoms with Gasteiger partial charge in [-0.15, -0.1) is 11.3 Å². The average Bonchev–Trinajstić information content (AvgIpc) is 3.29. The Morgan fingerprint density at radius 2 is 1.93 bits per heavy atom. The molecule has 1 amide bonds. The fourth-order valence-electron chi connectivity index (χ4n) is 3.48. The Morgan fingerprint density at radius 1 is 1.17 bits per heavy atom. The average molecular weight is 491 g/mol. The molecule has 1 N–H and O–H groups in total. The van der Waals surface area contributed by atoms with Gasteiger partial charge in [0, 0.05) is 23.8 Å². The second-order valence-corrected chi connectivity index (χ2v) is 11.4. The van der Waals surface area contributed by atoms with Crippen molar-refractivity contribution in [3.05, 3.63) is 81.1 Å². The van der Waals surface area contributed by atoms with Crippen LogP contribution >= 0.6 is 27.3 Å². The first-order valence-electron chi connectivity index (χ1n) is 9.10. The van der Waals surface area contributed by atoms with Crippen molar-refractivity contribution in [1.82, 2.24) is 4.72 Å². The summed E-state index contributed by atoms with van der Waals surface area (Å²) in [6.07, 6.45) is 0.781. The van der Waals surface area contributed by atoms with Crippen LogP contribution in [0, 0.1) is 0 Å². The van der Waals surface area contributed by atoms with Crippen molar-refractivity contribution in [2.75, 3.05) is 4.90 Å². The van der Waals surface area contributed by atoms with Crippen molar-refractivity contribution in [3.63, 3.8) is 0 Å². The van der Waals surface area contributed by atoms with Crippen LogP contribution < -0.4 is 9.62 Å². The second kappa shape index (κ2) is 8.02. The first kappa shape index (κ1) is 20.3. The molecule has 4 rings (SSSR count). The predicted octanol–water partition coefficient (Wildman–Crippen LogP) is 4.58. The number of thiophene rings is 1. The maximum Gasteiger partial charge on any atom is 0.258 e. The molecule has 0 bridgehead atoms. The zero-order valence-corrected chi connectivity index (χ0v) is 18.9. The lowest BCUT2D eigenvalue weighted by Gasteiger charge is -2.23. The Balaban J connectivity index is 1.57. The van der Waals surface area contributed by atoms with E-state index in [4.69, 9.17) is 0 Å². The largest absolute Gasteiger partial charge is 0.305 e. The van der Waals surface area contributed by atoms with Crippen molar-refractivity contribution in [2.24, 2.45) is 0 Å². The van der Waals surface area contributed by atoms with Gasteiger partial charge in [-0.25, -0.2) is 13.1 Å². The highest BCUT2D eigenvalue weighted by molar-refractivity contribution is 9.11. The van der Waals surface area contributed by atoms with Crippen LogP contribution in [0.4, 0.5) is 5.69 Å². The van der Waals surface area contributed by atoms with Gasteiger partial charge in [0.1, 0.15) is 4.21 Å². The van der Waals surface area contributed by atoms with Gasteiger partial charge in [-0.3, -0.25) is 4.79 Å². The number of amides is 1. The van der Waals surface area contributed by atoms with Crippen LogP contribution in [0.2, 0.25) is 0 Å². The second-order valence-electron chi connectivity index (χ2n) is 6.94. The van der Waals surface area contributed by atoms with Crippen molar-refractivity contribution in [2.45, 2.75) is 30.1 Å². The molecule has 0 saturated heterocycles. The Bertz CT molecular complexity index is 1160. The number of halogens is 1. The molecule has 3 aromatic rings. The molecule has 1 atom stereocenters. The predicted molar refractivity (Wildman–Crippen MR) is 119 cm³/mol. The highest BCUT2D eigenvalue weighted by Crippen LogP contribution is 2.34. The minimum atomic E-state index is -3.58. The Labute approximate surface area is 182 Å². The number of hydrogen-bond acceptors (Lipinski definition) is 4. The Kier molecular flexibility index (Phi) is 5.61. The van der Waals surface area contributed by atoms with E-state index in [1.54, 1.807) is 17.0 Å².